The molecule has 5 rings (SSSR count). The standard InChI is InChI=1S/C36H48ClN5O3/c1-22(2)44-33(43)32(45-35(5,6)7)30-24(4)39-23(3)29(31(30)41-18-14-36(8,9)15-19-41)26-10-11-27-21-42(17-13-25(27)20-26)34-38-16-12-28(37)40-34/h10-12,16,20,22,32H,13-15,17-19,21H2,1-9H3/t32-/m0/s1. The molecule has 0 bridgehead atoms. The fourth-order valence-electron chi connectivity index (χ4n) is 6.40. The molecule has 9 heteroatoms. The van der Waals surface area contributed by atoms with Gasteiger partial charge < -0.3 is 19.3 Å². The molecule has 0 saturated carbocycles. The minimum absolute atomic E-state index is 0.260. The Morgan fingerprint density at radius 1 is 0.978 bits per heavy atom. The van der Waals surface area contributed by atoms with Crippen LogP contribution < -0.4 is 9.80 Å². The number of nitrogens with zero attached hydrogens (tertiary/aromatic N) is 5. The molecular formula is C36H48ClN5O3. The maximum atomic E-state index is 13.8. The molecule has 0 aliphatic carbocycles. The van der Waals surface area contributed by atoms with Crippen molar-refractivity contribution in [3.05, 3.63) is 63.7 Å². The zero-order valence-corrected chi connectivity index (χ0v) is 29.1. The average molecular weight is 634 g/mol. The van der Waals surface area contributed by atoms with Crippen molar-refractivity contribution in [3.8, 4) is 11.1 Å². The van der Waals surface area contributed by atoms with Crippen LogP contribution in [0.4, 0.5) is 11.6 Å². The van der Waals surface area contributed by atoms with Crippen LogP contribution in [-0.2, 0) is 27.2 Å². The molecule has 2 aliphatic rings. The van der Waals surface area contributed by atoms with Crippen LogP contribution in [0.1, 0.15) is 95.5 Å². The number of piperidine rings is 1. The van der Waals surface area contributed by atoms with E-state index in [0.29, 0.717) is 17.6 Å². The van der Waals surface area contributed by atoms with Gasteiger partial charge in [-0.05, 0) is 95.9 Å². The van der Waals surface area contributed by atoms with Crippen molar-refractivity contribution in [2.75, 3.05) is 29.4 Å². The summed E-state index contributed by atoms with van der Waals surface area (Å²) in [6.45, 7) is 21.7. The van der Waals surface area contributed by atoms with E-state index in [-0.39, 0.29) is 17.5 Å². The lowest BCUT2D eigenvalue weighted by atomic mass is 9.81. The van der Waals surface area contributed by atoms with Crippen LogP contribution >= 0.6 is 11.6 Å². The maximum Gasteiger partial charge on any atom is 0.340 e. The molecule has 1 saturated heterocycles. The number of carbonyl (C=O) groups excluding carboxylic acids is 1. The smallest absolute Gasteiger partial charge is 0.340 e. The molecular weight excluding hydrogens is 586 g/mol. The van der Waals surface area contributed by atoms with Crippen molar-refractivity contribution in [1.82, 2.24) is 15.0 Å². The van der Waals surface area contributed by atoms with Crippen molar-refractivity contribution < 1.29 is 14.3 Å². The number of aromatic nitrogens is 3. The average Bonchev–Trinajstić information content (AvgIpc) is 2.94. The van der Waals surface area contributed by atoms with Gasteiger partial charge in [0.1, 0.15) is 5.15 Å². The fourth-order valence-corrected chi connectivity index (χ4v) is 6.53. The Morgan fingerprint density at radius 3 is 2.33 bits per heavy atom. The van der Waals surface area contributed by atoms with Gasteiger partial charge in [0.15, 0.2) is 6.10 Å². The predicted octanol–water partition coefficient (Wildman–Crippen LogP) is 7.81. The lowest BCUT2D eigenvalue weighted by Crippen LogP contribution is -2.39. The number of hydrogen-bond donors (Lipinski definition) is 0. The highest BCUT2D eigenvalue weighted by Gasteiger charge is 2.38. The van der Waals surface area contributed by atoms with Crippen LogP contribution in [0.2, 0.25) is 5.15 Å². The number of aryl methyl sites for hydroxylation is 2. The Morgan fingerprint density at radius 2 is 1.69 bits per heavy atom. The summed E-state index contributed by atoms with van der Waals surface area (Å²) in [5, 5.41) is 0.443. The minimum atomic E-state index is -0.909. The monoisotopic (exact) mass is 633 g/mol. The van der Waals surface area contributed by atoms with Crippen molar-refractivity contribution in [2.45, 2.75) is 106 Å². The second kappa shape index (κ2) is 12.9. The van der Waals surface area contributed by atoms with Gasteiger partial charge in [0.2, 0.25) is 5.95 Å². The van der Waals surface area contributed by atoms with Gasteiger partial charge in [-0.25, -0.2) is 14.8 Å². The molecule has 4 heterocycles. The number of fused-ring (bicyclic) bond motifs is 1. The van der Waals surface area contributed by atoms with Gasteiger partial charge in [0, 0.05) is 54.9 Å². The van der Waals surface area contributed by atoms with Gasteiger partial charge in [0.05, 0.1) is 17.4 Å². The SMILES string of the molecule is Cc1nc(C)c([C@H](OC(C)(C)C)C(=O)OC(C)C)c(N2CCC(C)(C)CC2)c1-c1ccc2c(c1)CCN(c1nccc(Cl)n1)C2. The Bertz CT molecular complexity index is 1550. The first-order valence-corrected chi connectivity index (χ1v) is 16.5. The molecule has 0 amide bonds. The number of benzene rings is 1. The number of anilines is 2. The summed E-state index contributed by atoms with van der Waals surface area (Å²) in [6.07, 6.45) is 3.49. The molecule has 0 radical (unpaired) electrons. The first kappa shape index (κ1) is 33.1. The summed E-state index contributed by atoms with van der Waals surface area (Å²) in [7, 11) is 0. The van der Waals surface area contributed by atoms with Gasteiger partial charge in [-0.15, -0.1) is 0 Å². The third-order valence-corrected chi connectivity index (χ3v) is 8.92. The highest BCUT2D eigenvalue weighted by atomic mass is 35.5. The normalized spacial score (nSPS) is 17.3. The van der Waals surface area contributed by atoms with E-state index in [0.717, 1.165) is 72.7 Å². The fraction of sp³-hybridized carbons (Fsp3) is 0.556. The van der Waals surface area contributed by atoms with Gasteiger partial charge in [0.25, 0.3) is 0 Å². The van der Waals surface area contributed by atoms with E-state index in [1.54, 1.807) is 12.3 Å². The minimum Gasteiger partial charge on any atom is -0.461 e. The Hall–Kier alpha value is -3.23. The summed E-state index contributed by atoms with van der Waals surface area (Å²) in [6, 6.07) is 8.40. The molecule has 242 valence electrons. The lowest BCUT2D eigenvalue weighted by molar-refractivity contribution is -0.171. The zero-order valence-electron chi connectivity index (χ0n) is 28.3. The third-order valence-electron chi connectivity index (χ3n) is 8.71. The number of halogens is 1. The highest BCUT2D eigenvalue weighted by Crippen LogP contribution is 2.45. The molecule has 8 nitrogen and oxygen atoms in total. The third kappa shape index (κ3) is 7.60. The summed E-state index contributed by atoms with van der Waals surface area (Å²) < 4.78 is 12.4. The molecule has 3 aromatic rings. The van der Waals surface area contributed by atoms with Gasteiger partial charge in [-0.3, -0.25) is 4.98 Å². The van der Waals surface area contributed by atoms with Crippen LogP contribution in [0.5, 0.6) is 0 Å². The zero-order chi connectivity index (χ0) is 32.7. The summed E-state index contributed by atoms with van der Waals surface area (Å²) in [5.41, 5.74) is 7.93. The van der Waals surface area contributed by atoms with Gasteiger partial charge in [-0.2, -0.15) is 0 Å². The van der Waals surface area contributed by atoms with Crippen molar-refractivity contribution in [2.24, 2.45) is 5.41 Å². The Kier molecular flexibility index (Phi) is 9.48. The second-order valence-corrected chi connectivity index (χ2v) is 14.9. The van der Waals surface area contributed by atoms with Crippen LogP contribution in [0.15, 0.2) is 30.5 Å². The number of ether oxygens (including phenoxy) is 2. The first-order valence-electron chi connectivity index (χ1n) is 16.1. The largest absolute Gasteiger partial charge is 0.461 e. The Balaban J connectivity index is 1.64. The molecule has 0 unspecified atom stereocenters. The van der Waals surface area contributed by atoms with Crippen LogP contribution in [0, 0.1) is 19.3 Å². The molecule has 2 aromatic heterocycles. The van der Waals surface area contributed by atoms with E-state index >= 15 is 0 Å². The summed E-state index contributed by atoms with van der Waals surface area (Å²) in [5.74, 6) is 0.265. The summed E-state index contributed by atoms with van der Waals surface area (Å²) in [4.78, 5) is 32.4. The van der Waals surface area contributed by atoms with Crippen molar-refractivity contribution in [3.63, 3.8) is 0 Å². The van der Waals surface area contributed by atoms with Crippen LogP contribution in [-0.4, -0.2) is 52.3 Å². The Labute approximate surface area is 273 Å². The van der Waals surface area contributed by atoms with E-state index in [1.165, 1.54) is 11.1 Å². The maximum absolute atomic E-state index is 13.8. The molecule has 1 aromatic carbocycles. The van der Waals surface area contributed by atoms with Gasteiger partial charge >= 0.3 is 5.97 Å². The van der Waals surface area contributed by atoms with E-state index in [2.05, 4.69) is 58.7 Å². The topological polar surface area (TPSA) is 80.7 Å². The van der Waals surface area contributed by atoms with Crippen molar-refractivity contribution in [1.29, 1.82) is 0 Å². The van der Waals surface area contributed by atoms with E-state index in [4.69, 9.17) is 26.1 Å². The molecule has 0 N–H and O–H groups in total. The van der Waals surface area contributed by atoms with E-state index < -0.39 is 11.7 Å². The van der Waals surface area contributed by atoms with Crippen molar-refractivity contribution >= 4 is 29.2 Å². The number of hydrogen-bond acceptors (Lipinski definition) is 8. The van der Waals surface area contributed by atoms with Crippen LogP contribution in [0.3, 0.4) is 0 Å². The van der Waals surface area contributed by atoms with Crippen LogP contribution in [0.25, 0.3) is 11.1 Å². The lowest BCUT2D eigenvalue weighted by Gasteiger charge is -2.41. The predicted molar refractivity (Wildman–Crippen MR) is 181 cm³/mol. The number of pyridine rings is 1. The molecule has 1 atom stereocenters. The highest BCUT2D eigenvalue weighted by molar-refractivity contribution is 6.29. The number of esters is 1. The number of rotatable bonds is 7. The molecule has 1 fully saturated rings. The molecule has 2 aliphatic heterocycles. The first-order chi connectivity index (χ1) is 21.1. The molecule has 0 spiro atoms. The van der Waals surface area contributed by atoms with E-state index in [1.807, 2.05) is 41.5 Å². The second-order valence-electron chi connectivity index (χ2n) is 14.5. The summed E-state index contributed by atoms with van der Waals surface area (Å²) >= 11 is 6.16. The molecule has 45 heavy (non-hydrogen) atoms. The van der Waals surface area contributed by atoms with E-state index in [9.17, 15) is 4.79 Å². The quantitative estimate of drug-likeness (QED) is 0.193. The van der Waals surface area contributed by atoms with Gasteiger partial charge in [-0.1, -0.05) is 43.6 Å². The number of carbonyl (C=O) groups is 1.